The van der Waals surface area contributed by atoms with E-state index in [2.05, 4.69) is 4.90 Å². The molecular weight excluding hydrogens is 388 g/mol. The van der Waals surface area contributed by atoms with Crippen molar-refractivity contribution in [3.8, 4) is 0 Å². The highest BCUT2D eigenvalue weighted by atomic mass is 35.5. The second kappa shape index (κ2) is 6.91. The lowest BCUT2D eigenvalue weighted by Crippen LogP contribution is -2.39. The van der Waals surface area contributed by atoms with Gasteiger partial charge in [0.05, 0.1) is 23.6 Å². The average molecular weight is 407 g/mol. The number of sulfone groups is 1. The van der Waals surface area contributed by atoms with Gasteiger partial charge in [-0.15, -0.1) is 0 Å². The van der Waals surface area contributed by atoms with Gasteiger partial charge < -0.3 is 4.90 Å². The Bertz CT molecular complexity index is 958. The van der Waals surface area contributed by atoms with Crippen molar-refractivity contribution in [3.05, 3.63) is 64.7 Å². The number of benzene rings is 2. The van der Waals surface area contributed by atoms with Crippen molar-refractivity contribution in [2.24, 2.45) is 4.99 Å². The summed E-state index contributed by atoms with van der Waals surface area (Å²) >= 11 is 7.88. The first kappa shape index (κ1) is 17.9. The molecule has 136 valence electrons. The number of hydrogen-bond donors (Lipinski definition) is 0. The zero-order chi connectivity index (χ0) is 18.3. The number of hydrogen-bond acceptors (Lipinski definition) is 5. The molecule has 4 nitrogen and oxygen atoms in total. The van der Waals surface area contributed by atoms with Crippen LogP contribution in [-0.2, 0) is 15.6 Å². The third-order valence-corrected chi connectivity index (χ3v) is 7.82. The van der Waals surface area contributed by atoms with E-state index in [0.717, 1.165) is 21.4 Å². The number of aliphatic imine (C=N–C) groups is 1. The first-order valence-corrected chi connectivity index (χ1v) is 11.6. The molecule has 1 fully saturated rings. The Morgan fingerprint density at radius 1 is 1.15 bits per heavy atom. The fourth-order valence-electron chi connectivity index (χ4n) is 3.40. The van der Waals surface area contributed by atoms with Gasteiger partial charge in [0.25, 0.3) is 0 Å². The molecule has 7 heteroatoms. The summed E-state index contributed by atoms with van der Waals surface area (Å²) in [5.41, 5.74) is 3.21. The van der Waals surface area contributed by atoms with E-state index in [1.165, 1.54) is 5.56 Å². The van der Waals surface area contributed by atoms with E-state index in [1.807, 2.05) is 55.5 Å². The predicted octanol–water partition coefficient (Wildman–Crippen LogP) is 3.92. The highest BCUT2D eigenvalue weighted by Gasteiger charge is 2.47. The fourth-order valence-corrected chi connectivity index (χ4v) is 6.65. The molecule has 2 aromatic rings. The molecule has 0 spiro atoms. The quantitative estimate of drug-likeness (QED) is 0.775. The van der Waals surface area contributed by atoms with Crippen LogP contribution in [0.3, 0.4) is 0 Å². The maximum Gasteiger partial charge on any atom is 0.164 e. The minimum atomic E-state index is -3.03. The molecule has 0 saturated carbocycles. The predicted molar refractivity (Wildman–Crippen MR) is 110 cm³/mol. The van der Waals surface area contributed by atoms with Gasteiger partial charge in [0.2, 0.25) is 0 Å². The van der Waals surface area contributed by atoms with Crippen molar-refractivity contribution in [3.63, 3.8) is 0 Å². The van der Waals surface area contributed by atoms with Crippen LogP contribution in [0.2, 0.25) is 5.02 Å². The zero-order valence-corrected chi connectivity index (χ0v) is 16.7. The summed E-state index contributed by atoms with van der Waals surface area (Å²) < 4.78 is 24.2. The summed E-state index contributed by atoms with van der Waals surface area (Å²) in [4.78, 5) is 6.85. The highest BCUT2D eigenvalue weighted by molar-refractivity contribution is 8.13. The standard InChI is InChI=1S/C19H19ClN2O2S2/c1-13-6-8-15(9-7-13)22-18-12-26(23,24)11-17(18)21-19(22)25-10-14-4-2-3-5-16(14)20/h2-9,17-18H,10-12H2,1H3. The molecule has 2 aliphatic rings. The molecule has 0 amide bonds. The van der Waals surface area contributed by atoms with Gasteiger partial charge in [-0.3, -0.25) is 4.99 Å². The largest absolute Gasteiger partial charge is 0.315 e. The highest BCUT2D eigenvalue weighted by Crippen LogP contribution is 2.36. The minimum Gasteiger partial charge on any atom is -0.315 e. The number of halogens is 1. The molecule has 1 saturated heterocycles. The van der Waals surface area contributed by atoms with Crippen LogP contribution in [0.15, 0.2) is 53.5 Å². The second-order valence-corrected chi connectivity index (χ2v) is 10.2. The third kappa shape index (κ3) is 3.50. The van der Waals surface area contributed by atoms with Crippen LogP contribution in [0.25, 0.3) is 0 Å². The summed E-state index contributed by atoms with van der Waals surface area (Å²) in [5, 5.41) is 1.61. The maximum atomic E-state index is 12.1. The minimum absolute atomic E-state index is 0.114. The van der Waals surface area contributed by atoms with Crippen LogP contribution in [0.5, 0.6) is 0 Å². The van der Waals surface area contributed by atoms with Gasteiger partial charge in [-0.25, -0.2) is 8.42 Å². The molecule has 0 N–H and O–H groups in total. The molecule has 2 aliphatic heterocycles. The van der Waals surface area contributed by atoms with Gasteiger partial charge in [-0.05, 0) is 30.7 Å². The molecule has 0 aliphatic carbocycles. The Labute approximate surface area is 163 Å². The molecule has 4 rings (SSSR count). The molecule has 2 aromatic carbocycles. The first-order chi connectivity index (χ1) is 12.4. The number of nitrogens with zero attached hydrogens (tertiary/aromatic N) is 2. The van der Waals surface area contributed by atoms with Crippen LogP contribution in [0.4, 0.5) is 5.69 Å². The fraction of sp³-hybridized carbons (Fsp3) is 0.316. The smallest absolute Gasteiger partial charge is 0.164 e. The normalized spacial score (nSPS) is 23.8. The van der Waals surface area contributed by atoms with Gasteiger partial charge in [0.15, 0.2) is 15.0 Å². The maximum absolute atomic E-state index is 12.1. The van der Waals surface area contributed by atoms with Crippen LogP contribution in [0, 0.1) is 6.92 Å². The van der Waals surface area contributed by atoms with E-state index in [-0.39, 0.29) is 23.6 Å². The summed E-state index contributed by atoms with van der Waals surface area (Å²) in [6, 6.07) is 15.6. The number of anilines is 1. The Morgan fingerprint density at radius 2 is 1.88 bits per heavy atom. The lowest BCUT2D eigenvalue weighted by atomic mass is 10.1. The summed E-state index contributed by atoms with van der Waals surface area (Å²) in [7, 11) is -3.03. The van der Waals surface area contributed by atoms with Crippen LogP contribution < -0.4 is 4.90 Å². The monoisotopic (exact) mass is 406 g/mol. The van der Waals surface area contributed by atoms with Crippen molar-refractivity contribution >= 4 is 44.1 Å². The Morgan fingerprint density at radius 3 is 2.62 bits per heavy atom. The molecule has 26 heavy (non-hydrogen) atoms. The zero-order valence-electron chi connectivity index (χ0n) is 14.3. The van der Waals surface area contributed by atoms with Crippen LogP contribution >= 0.6 is 23.4 Å². The molecule has 2 atom stereocenters. The topological polar surface area (TPSA) is 49.7 Å². The molecular formula is C19H19ClN2O2S2. The van der Waals surface area contributed by atoms with Crippen molar-refractivity contribution < 1.29 is 8.42 Å². The lowest BCUT2D eigenvalue weighted by Gasteiger charge is -2.26. The van der Waals surface area contributed by atoms with E-state index in [4.69, 9.17) is 16.6 Å². The SMILES string of the molecule is Cc1ccc(N2C(SCc3ccccc3Cl)=NC3CS(=O)(=O)CC32)cc1. The third-order valence-electron chi connectivity index (χ3n) is 4.73. The Balaban J connectivity index is 1.63. The number of fused-ring (bicyclic) bond motifs is 1. The van der Waals surface area contributed by atoms with Gasteiger partial charge in [0.1, 0.15) is 0 Å². The number of amidine groups is 1. The van der Waals surface area contributed by atoms with Crippen LogP contribution in [-0.4, -0.2) is 37.2 Å². The van der Waals surface area contributed by atoms with E-state index >= 15 is 0 Å². The Hall–Kier alpha value is -1.50. The Kier molecular flexibility index (Phi) is 4.75. The number of rotatable bonds is 3. The summed E-state index contributed by atoms with van der Waals surface area (Å²) in [6.07, 6.45) is 0. The molecule has 0 radical (unpaired) electrons. The van der Waals surface area contributed by atoms with Gasteiger partial charge in [0, 0.05) is 16.5 Å². The summed E-state index contributed by atoms with van der Waals surface area (Å²) in [5.74, 6) is 0.994. The number of thioether (sulfide) groups is 1. The van der Waals surface area contributed by atoms with E-state index in [1.54, 1.807) is 11.8 Å². The second-order valence-electron chi connectivity index (χ2n) is 6.71. The van der Waals surface area contributed by atoms with E-state index < -0.39 is 9.84 Å². The van der Waals surface area contributed by atoms with Crippen molar-refractivity contribution in [2.45, 2.75) is 24.8 Å². The molecule has 2 unspecified atom stereocenters. The lowest BCUT2D eigenvalue weighted by molar-refractivity contribution is 0.601. The molecule has 2 heterocycles. The van der Waals surface area contributed by atoms with Crippen LogP contribution in [0.1, 0.15) is 11.1 Å². The number of aryl methyl sites for hydroxylation is 1. The molecule has 0 bridgehead atoms. The van der Waals surface area contributed by atoms with Crippen molar-refractivity contribution in [2.75, 3.05) is 16.4 Å². The average Bonchev–Trinajstić information content (AvgIpc) is 3.06. The van der Waals surface area contributed by atoms with Crippen molar-refractivity contribution in [1.29, 1.82) is 0 Å². The van der Waals surface area contributed by atoms with E-state index in [9.17, 15) is 8.42 Å². The van der Waals surface area contributed by atoms with Gasteiger partial charge in [-0.1, -0.05) is 59.3 Å². The first-order valence-electron chi connectivity index (χ1n) is 8.43. The summed E-state index contributed by atoms with van der Waals surface area (Å²) in [6.45, 7) is 2.04. The van der Waals surface area contributed by atoms with E-state index in [0.29, 0.717) is 5.75 Å². The van der Waals surface area contributed by atoms with Gasteiger partial charge in [-0.2, -0.15) is 0 Å². The van der Waals surface area contributed by atoms with Gasteiger partial charge >= 0.3 is 0 Å². The molecule has 0 aromatic heterocycles. The van der Waals surface area contributed by atoms with Crippen molar-refractivity contribution in [1.82, 2.24) is 0 Å².